The highest BCUT2D eigenvalue weighted by molar-refractivity contribution is 5.09. The molecule has 1 atom stereocenters. The molecule has 0 aliphatic heterocycles. The number of rotatable bonds is 6. The Bertz CT molecular complexity index is 360. The molecule has 17 heavy (non-hydrogen) atoms. The standard InChI is InChI=1S/C14H23N3/c1-11-4-3-5-14(16-11)10-17(2)9-13(15)8-12-6-7-12/h3-5,12-13H,6-10,15H2,1-2H3. The summed E-state index contributed by atoms with van der Waals surface area (Å²) in [5, 5.41) is 0. The van der Waals surface area contributed by atoms with E-state index in [1.54, 1.807) is 0 Å². The molecule has 0 radical (unpaired) electrons. The first-order valence-corrected chi connectivity index (χ1v) is 6.50. The van der Waals surface area contributed by atoms with E-state index >= 15 is 0 Å². The number of hydrogen-bond donors (Lipinski definition) is 1. The van der Waals surface area contributed by atoms with Crippen LogP contribution in [0.5, 0.6) is 0 Å². The van der Waals surface area contributed by atoms with Crippen molar-refractivity contribution in [3.8, 4) is 0 Å². The lowest BCUT2D eigenvalue weighted by molar-refractivity contribution is 0.290. The van der Waals surface area contributed by atoms with Gasteiger partial charge in [-0.2, -0.15) is 0 Å². The Labute approximate surface area is 104 Å². The summed E-state index contributed by atoms with van der Waals surface area (Å²) in [6.07, 6.45) is 3.96. The van der Waals surface area contributed by atoms with Crippen LogP contribution < -0.4 is 5.73 Å². The summed E-state index contributed by atoms with van der Waals surface area (Å²) < 4.78 is 0. The van der Waals surface area contributed by atoms with Crippen LogP contribution in [0.3, 0.4) is 0 Å². The number of hydrogen-bond acceptors (Lipinski definition) is 3. The van der Waals surface area contributed by atoms with Crippen LogP contribution in [0, 0.1) is 12.8 Å². The quantitative estimate of drug-likeness (QED) is 0.816. The minimum Gasteiger partial charge on any atom is -0.327 e. The maximum Gasteiger partial charge on any atom is 0.0547 e. The molecule has 0 saturated heterocycles. The highest BCUT2D eigenvalue weighted by Crippen LogP contribution is 2.33. The Kier molecular flexibility index (Phi) is 4.13. The zero-order valence-electron chi connectivity index (χ0n) is 10.9. The number of likely N-dealkylation sites (N-methyl/N-ethyl adjacent to an activating group) is 1. The zero-order chi connectivity index (χ0) is 12.3. The third kappa shape index (κ3) is 4.44. The van der Waals surface area contributed by atoms with Crippen LogP contribution in [0.1, 0.15) is 30.7 Å². The van der Waals surface area contributed by atoms with Gasteiger partial charge >= 0.3 is 0 Å². The van der Waals surface area contributed by atoms with Crippen molar-refractivity contribution in [3.05, 3.63) is 29.6 Å². The van der Waals surface area contributed by atoms with E-state index in [4.69, 9.17) is 5.73 Å². The lowest BCUT2D eigenvalue weighted by Gasteiger charge is -2.21. The molecule has 3 nitrogen and oxygen atoms in total. The molecule has 3 heteroatoms. The van der Waals surface area contributed by atoms with Crippen molar-refractivity contribution in [1.29, 1.82) is 0 Å². The summed E-state index contributed by atoms with van der Waals surface area (Å²) in [7, 11) is 2.12. The van der Waals surface area contributed by atoms with Gasteiger partial charge in [-0.25, -0.2) is 0 Å². The average molecular weight is 233 g/mol. The largest absolute Gasteiger partial charge is 0.327 e. The Balaban J connectivity index is 1.77. The summed E-state index contributed by atoms with van der Waals surface area (Å²) in [4.78, 5) is 6.78. The van der Waals surface area contributed by atoms with Gasteiger partial charge in [0.15, 0.2) is 0 Å². The number of pyridine rings is 1. The summed E-state index contributed by atoms with van der Waals surface area (Å²) in [5.41, 5.74) is 8.35. The van der Waals surface area contributed by atoms with Gasteiger partial charge in [0.05, 0.1) is 5.69 Å². The van der Waals surface area contributed by atoms with Crippen molar-refractivity contribution >= 4 is 0 Å². The normalized spacial score (nSPS) is 17.4. The first-order chi connectivity index (χ1) is 8.13. The maximum absolute atomic E-state index is 6.14. The molecular weight excluding hydrogens is 210 g/mol. The van der Waals surface area contributed by atoms with Crippen molar-refractivity contribution in [2.24, 2.45) is 11.7 Å². The smallest absolute Gasteiger partial charge is 0.0547 e. The van der Waals surface area contributed by atoms with Gasteiger partial charge in [-0.15, -0.1) is 0 Å². The molecule has 0 spiro atoms. The molecule has 1 fully saturated rings. The second-order valence-corrected chi connectivity index (χ2v) is 5.41. The van der Waals surface area contributed by atoms with Crippen molar-refractivity contribution in [2.75, 3.05) is 13.6 Å². The van der Waals surface area contributed by atoms with Crippen molar-refractivity contribution in [2.45, 2.75) is 38.8 Å². The first kappa shape index (κ1) is 12.5. The lowest BCUT2D eigenvalue weighted by Crippen LogP contribution is -2.35. The van der Waals surface area contributed by atoms with Gasteiger partial charge in [-0.05, 0) is 38.4 Å². The topological polar surface area (TPSA) is 42.1 Å². The zero-order valence-corrected chi connectivity index (χ0v) is 10.9. The van der Waals surface area contributed by atoms with Gasteiger partial charge in [0, 0.05) is 24.8 Å². The Hall–Kier alpha value is -0.930. The summed E-state index contributed by atoms with van der Waals surface area (Å²) >= 11 is 0. The molecule has 0 amide bonds. The fourth-order valence-electron chi connectivity index (χ4n) is 2.29. The SMILES string of the molecule is Cc1cccc(CN(C)CC(N)CC2CC2)n1. The Morgan fingerprint density at radius 3 is 2.88 bits per heavy atom. The van der Waals surface area contributed by atoms with Gasteiger partial charge in [-0.3, -0.25) is 9.88 Å². The van der Waals surface area contributed by atoms with Gasteiger partial charge in [-0.1, -0.05) is 18.9 Å². The van der Waals surface area contributed by atoms with E-state index in [9.17, 15) is 0 Å². The van der Waals surface area contributed by atoms with Crippen molar-refractivity contribution in [1.82, 2.24) is 9.88 Å². The molecule has 2 N–H and O–H groups in total. The molecule has 1 heterocycles. The van der Waals surface area contributed by atoms with Crippen molar-refractivity contribution < 1.29 is 0 Å². The molecule has 1 aliphatic rings. The molecule has 0 bridgehead atoms. The van der Waals surface area contributed by atoms with E-state index < -0.39 is 0 Å². The number of nitrogens with zero attached hydrogens (tertiary/aromatic N) is 2. The van der Waals surface area contributed by atoms with Crippen LogP contribution in [-0.2, 0) is 6.54 Å². The maximum atomic E-state index is 6.14. The van der Waals surface area contributed by atoms with Gasteiger partial charge in [0.2, 0.25) is 0 Å². The molecule has 1 aliphatic carbocycles. The second-order valence-electron chi connectivity index (χ2n) is 5.41. The van der Waals surface area contributed by atoms with E-state index in [-0.39, 0.29) is 0 Å². The van der Waals surface area contributed by atoms with Crippen LogP contribution in [0.15, 0.2) is 18.2 Å². The predicted octanol–water partition coefficient (Wildman–Crippen LogP) is 1.95. The molecule has 1 unspecified atom stereocenters. The Morgan fingerprint density at radius 1 is 1.47 bits per heavy atom. The summed E-state index contributed by atoms with van der Waals surface area (Å²) in [6.45, 7) is 3.88. The van der Waals surface area contributed by atoms with Crippen LogP contribution in [-0.4, -0.2) is 29.5 Å². The highest BCUT2D eigenvalue weighted by atomic mass is 15.1. The average Bonchev–Trinajstić information content (AvgIpc) is 3.00. The Morgan fingerprint density at radius 2 is 2.24 bits per heavy atom. The van der Waals surface area contributed by atoms with Gasteiger partial charge in [0.1, 0.15) is 0 Å². The summed E-state index contributed by atoms with van der Waals surface area (Å²) in [6, 6.07) is 6.49. The third-order valence-electron chi connectivity index (χ3n) is 3.26. The summed E-state index contributed by atoms with van der Waals surface area (Å²) in [5.74, 6) is 0.912. The molecule has 1 aromatic rings. The molecule has 1 aromatic heterocycles. The van der Waals surface area contributed by atoms with Gasteiger partial charge in [0.25, 0.3) is 0 Å². The minimum absolute atomic E-state index is 0.317. The monoisotopic (exact) mass is 233 g/mol. The number of aromatic nitrogens is 1. The number of nitrogens with two attached hydrogens (primary N) is 1. The molecule has 2 rings (SSSR count). The highest BCUT2D eigenvalue weighted by Gasteiger charge is 2.24. The molecule has 94 valence electrons. The van der Waals surface area contributed by atoms with Crippen LogP contribution in [0.25, 0.3) is 0 Å². The van der Waals surface area contributed by atoms with E-state index in [0.29, 0.717) is 6.04 Å². The van der Waals surface area contributed by atoms with Crippen molar-refractivity contribution in [3.63, 3.8) is 0 Å². The van der Waals surface area contributed by atoms with E-state index in [2.05, 4.69) is 29.1 Å². The molecule has 1 saturated carbocycles. The van der Waals surface area contributed by atoms with Crippen LogP contribution in [0.4, 0.5) is 0 Å². The lowest BCUT2D eigenvalue weighted by atomic mass is 10.1. The minimum atomic E-state index is 0.317. The van der Waals surface area contributed by atoms with E-state index in [1.165, 1.54) is 19.3 Å². The predicted molar refractivity (Wildman–Crippen MR) is 70.6 cm³/mol. The number of aryl methyl sites for hydroxylation is 1. The van der Waals surface area contributed by atoms with E-state index in [1.807, 2.05) is 13.0 Å². The second kappa shape index (κ2) is 5.61. The fourth-order valence-corrected chi connectivity index (χ4v) is 2.29. The first-order valence-electron chi connectivity index (χ1n) is 6.50. The third-order valence-corrected chi connectivity index (χ3v) is 3.26. The van der Waals surface area contributed by atoms with Crippen LogP contribution >= 0.6 is 0 Å². The van der Waals surface area contributed by atoms with Gasteiger partial charge < -0.3 is 5.73 Å². The molecular formula is C14H23N3. The van der Waals surface area contributed by atoms with Crippen LogP contribution in [0.2, 0.25) is 0 Å². The van der Waals surface area contributed by atoms with E-state index in [0.717, 1.165) is 30.4 Å². The molecule has 0 aromatic carbocycles. The fraction of sp³-hybridized carbons (Fsp3) is 0.643.